The van der Waals surface area contributed by atoms with E-state index in [4.69, 9.17) is 5.11 Å². The van der Waals surface area contributed by atoms with Crippen LogP contribution in [0.25, 0.3) is 0 Å². The maximum Gasteiger partial charge on any atom is 0.304 e. The molecule has 88 valence electrons. The number of nitrogens with one attached hydrogen (secondary N) is 1. The third-order valence-electron chi connectivity index (χ3n) is 1.92. The summed E-state index contributed by atoms with van der Waals surface area (Å²) in [5.74, 6) is -0.658. The molecular weight excluding hydrogens is 342 g/mol. The summed E-state index contributed by atoms with van der Waals surface area (Å²) >= 11 is 6.45. The van der Waals surface area contributed by atoms with Gasteiger partial charge in [0.1, 0.15) is 5.75 Å². The molecule has 0 unspecified atom stereocenters. The largest absolute Gasteiger partial charge is 0.506 e. The van der Waals surface area contributed by atoms with Gasteiger partial charge in [-0.3, -0.25) is 4.79 Å². The van der Waals surface area contributed by atoms with Gasteiger partial charge in [-0.2, -0.15) is 0 Å². The molecule has 0 saturated heterocycles. The van der Waals surface area contributed by atoms with E-state index in [9.17, 15) is 9.90 Å². The number of carbonyl (C=O) groups is 1. The average molecular weight is 353 g/mol. The minimum Gasteiger partial charge on any atom is -0.506 e. The maximum absolute atomic E-state index is 10.3. The molecule has 0 saturated carbocycles. The van der Waals surface area contributed by atoms with Gasteiger partial charge in [0, 0.05) is 13.1 Å². The molecule has 0 aliphatic heterocycles. The normalized spacial score (nSPS) is 10.4. The van der Waals surface area contributed by atoms with Crippen LogP contribution >= 0.6 is 31.9 Å². The Bertz CT molecular complexity index is 373. The summed E-state index contributed by atoms with van der Waals surface area (Å²) in [4.78, 5) is 10.3. The molecule has 0 bridgehead atoms. The number of halogens is 2. The van der Waals surface area contributed by atoms with Gasteiger partial charge >= 0.3 is 5.97 Å². The van der Waals surface area contributed by atoms with Crippen molar-refractivity contribution in [3.05, 3.63) is 26.6 Å². The van der Waals surface area contributed by atoms with Gasteiger partial charge in [0.15, 0.2) is 0 Å². The van der Waals surface area contributed by atoms with Crippen molar-refractivity contribution in [1.29, 1.82) is 0 Å². The lowest BCUT2D eigenvalue weighted by Crippen LogP contribution is -2.17. The summed E-state index contributed by atoms with van der Waals surface area (Å²) in [5, 5.41) is 20.9. The van der Waals surface area contributed by atoms with E-state index >= 15 is 0 Å². The highest BCUT2D eigenvalue weighted by molar-refractivity contribution is 9.11. The molecule has 0 radical (unpaired) electrons. The van der Waals surface area contributed by atoms with Gasteiger partial charge in [0.25, 0.3) is 0 Å². The Kier molecular flexibility index (Phi) is 5.24. The fraction of sp³-hybridized carbons (Fsp3) is 0.300. The summed E-state index contributed by atoms with van der Waals surface area (Å²) in [7, 11) is 0. The summed E-state index contributed by atoms with van der Waals surface area (Å²) in [6.45, 7) is 0.982. The zero-order valence-electron chi connectivity index (χ0n) is 8.33. The van der Waals surface area contributed by atoms with Crippen molar-refractivity contribution in [2.75, 3.05) is 6.54 Å². The van der Waals surface area contributed by atoms with Crippen LogP contribution in [-0.4, -0.2) is 22.7 Å². The summed E-state index contributed by atoms with van der Waals surface area (Å²) < 4.78 is 1.22. The number of carboxylic acids is 1. The van der Waals surface area contributed by atoms with E-state index in [2.05, 4.69) is 37.2 Å². The molecule has 4 nitrogen and oxygen atoms in total. The molecule has 0 aromatic heterocycles. The number of phenolic OH excluding ortho intramolecular Hbond substituents is 1. The predicted molar refractivity (Wildman–Crippen MR) is 67.5 cm³/mol. The van der Waals surface area contributed by atoms with Crippen molar-refractivity contribution < 1.29 is 15.0 Å². The van der Waals surface area contributed by atoms with Crippen LogP contribution in [0.4, 0.5) is 0 Å². The maximum atomic E-state index is 10.3. The van der Waals surface area contributed by atoms with Crippen LogP contribution in [0.1, 0.15) is 12.0 Å². The van der Waals surface area contributed by atoms with E-state index in [1.807, 2.05) is 0 Å². The minimum absolute atomic E-state index is 0.0976. The fourth-order valence-corrected chi connectivity index (χ4v) is 2.43. The van der Waals surface area contributed by atoms with E-state index < -0.39 is 5.97 Å². The average Bonchev–Trinajstić information content (AvgIpc) is 2.20. The first-order valence-electron chi connectivity index (χ1n) is 4.60. The van der Waals surface area contributed by atoms with Crippen molar-refractivity contribution >= 4 is 37.8 Å². The van der Waals surface area contributed by atoms with E-state index in [1.54, 1.807) is 12.1 Å². The molecule has 0 spiro atoms. The number of carboxylic acid groups (broad SMARTS) is 1. The van der Waals surface area contributed by atoms with Gasteiger partial charge in [-0.25, -0.2) is 0 Å². The molecule has 6 heteroatoms. The van der Waals surface area contributed by atoms with Crippen molar-refractivity contribution in [1.82, 2.24) is 5.32 Å². The van der Waals surface area contributed by atoms with Crippen molar-refractivity contribution in [3.8, 4) is 5.75 Å². The standard InChI is InChI=1S/C10H11Br2NO3/c11-7-3-6(4-8(12)10(7)16)5-13-2-1-9(14)15/h3-4,13,16H,1-2,5H2,(H,14,15). The molecule has 16 heavy (non-hydrogen) atoms. The molecule has 1 rings (SSSR count). The highest BCUT2D eigenvalue weighted by atomic mass is 79.9. The van der Waals surface area contributed by atoms with Crippen molar-refractivity contribution in [2.45, 2.75) is 13.0 Å². The molecular formula is C10H11Br2NO3. The molecule has 0 aliphatic carbocycles. The summed E-state index contributed by atoms with van der Waals surface area (Å²) in [5.41, 5.74) is 0.960. The molecule has 0 amide bonds. The second kappa shape index (κ2) is 6.22. The number of benzene rings is 1. The molecule has 0 aliphatic rings. The zero-order valence-corrected chi connectivity index (χ0v) is 11.5. The van der Waals surface area contributed by atoms with Crippen molar-refractivity contribution in [3.63, 3.8) is 0 Å². The number of aromatic hydroxyl groups is 1. The van der Waals surface area contributed by atoms with Crippen LogP contribution in [0.5, 0.6) is 5.75 Å². The van der Waals surface area contributed by atoms with Gasteiger partial charge in [-0.1, -0.05) is 0 Å². The van der Waals surface area contributed by atoms with Crippen LogP contribution in [0.15, 0.2) is 21.1 Å². The molecule has 0 atom stereocenters. The first-order valence-corrected chi connectivity index (χ1v) is 6.18. The second-order valence-electron chi connectivity index (χ2n) is 3.23. The first-order chi connectivity index (χ1) is 7.50. The highest BCUT2D eigenvalue weighted by Crippen LogP contribution is 2.33. The monoisotopic (exact) mass is 351 g/mol. The Morgan fingerprint density at radius 3 is 2.38 bits per heavy atom. The molecule has 1 aromatic carbocycles. The van der Waals surface area contributed by atoms with Gasteiger partial charge in [-0.15, -0.1) is 0 Å². The van der Waals surface area contributed by atoms with Gasteiger partial charge in [0.05, 0.1) is 15.4 Å². The SMILES string of the molecule is O=C(O)CCNCc1cc(Br)c(O)c(Br)c1. The molecule has 0 heterocycles. The van der Waals surface area contributed by atoms with E-state index in [-0.39, 0.29) is 12.2 Å². The fourth-order valence-electron chi connectivity index (χ4n) is 1.15. The van der Waals surface area contributed by atoms with E-state index in [1.165, 1.54) is 0 Å². The van der Waals surface area contributed by atoms with Crippen LogP contribution in [-0.2, 0) is 11.3 Å². The Morgan fingerprint density at radius 2 is 1.88 bits per heavy atom. The summed E-state index contributed by atoms with van der Waals surface area (Å²) in [6, 6.07) is 3.57. The van der Waals surface area contributed by atoms with E-state index in [0.29, 0.717) is 22.0 Å². The topological polar surface area (TPSA) is 69.6 Å². The Balaban J connectivity index is 2.52. The lowest BCUT2D eigenvalue weighted by Gasteiger charge is -2.06. The summed E-state index contributed by atoms with van der Waals surface area (Å²) in [6.07, 6.45) is 0.0976. The smallest absolute Gasteiger partial charge is 0.304 e. The lowest BCUT2D eigenvalue weighted by molar-refractivity contribution is -0.136. The highest BCUT2D eigenvalue weighted by Gasteiger charge is 2.05. The number of hydrogen-bond donors (Lipinski definition) is 3. The van der Waals surface area contributed by atoms with Crippen LogP contribution < -0.4 is 5.32 Å². The van der Waals surface area contributed by atoms with Crippen LogP contribution in [0.3, 0.4) is 0 Å². The molecule has 3 N–H and O–H groups in total. The number of hydrogen-bond acceptors (Lipinski definition) is 3. The molecule has 1 aromatic rings. The minimum atomic E-state index is -0.819. The van der Waals surface area contributed by atoms with E-state index in [0.717, 1.165) is 5.56 Å². The second-order valence-corrected chi connectivity index (χ2v) is 4.94. The zero-order chi connectivity index (χ0) is 12.1. The van der Waals surface area contributed by atoms with Crippen LogP contribution in [0, 0.1) is 0 Å². The van der Waals surface area contributed by atoms with Crippen molar-refractivity contribution in [2.24, 2.45) is 0 Å². The van der Waals surface area contributed by atoms with Gasteiger partial charge in [-0.05, 0) is 49.6 Å². The molecule has 0 fully saturated rings. The Hall–Kier alpha value is -0.590. The quantitative estimate of drug-likeness (QED) is 0.712. The number of aliphatic carboxylic acids is 1. The first kappa shape index (κ1) is 13.5. The number of phenols is 1. The number of rotatable bonds is 5. The van der Waals surface area contributed by atoms with Gasteiger partial charge in [0.2, 0.25) is 0 Å². The Morgan fingerprint density at radius 1 is 1.31 bits per heavy atom. The van der Waals surface area contributed by atoms with Gasteiger partial charge < -0.3 is 15.5 Å². The predicted octanol–water partition coefficient (Wildman–Crippen LogP) is 2.48. The lowest BCUT2D eigenvalue weighted by atomic mass is 10.2. The van der Waals surface area contributed by atoms with Crippen LogP contribution in [0.2, 0.25) is 0 Å². The third-order valence-corrected chi connectivity index (χ3v) is 3.13. The third kappa shape index (κ3) is 4.11. The Labute approximate surface area is 110 Å².